The van der Waals surface area contributed by atoms with Crippen molar-refractivity contribution in [2.45, 2.75) is 39.0 Å². The van der Waals surface area contributed by atoms with E-state index >= 15 is 0 Å². The van der Waals surface area contributed by atoms with E-state index in [1.54, 1.807) is 6.08 Å². The summed E-state index contributed by atoms with van der Waals surface area (Å²) in [6, 6.07) is 6.65. The summed E-state index contributed by atoms with van der Waals surface area (Å²) in [5.41, 5.74) is 12.5. The van der Waals surface area contributed by atoms with Crippen molar-refractivity contribution in [2.75, 3.05) is 0 Å². The molecule has 1 aliphatic carbocycles. The summed E-state index contributed by atoms with van der Waals surface area (Å²) in [4.78, 5) is 0. The Balaban J connectivity index is 2.32. The summed E-state index contributed by atoms with van der Waals surface area (Å²) in [6.07, 6.45) is 21.6. The first-order valence-corrected chi connectivity index (χ1v) is 9.09. The number of hydrogen-bond donors (Lipinski definition) is 1. The van der Waals surface area contributed by atoms with E-state index in [-0.39, 0.29) is 5.92 Å². The van der Waals surface area contributed by atoms with Gasteiger partial charge in [-0.2, -0.15) is 0 Å². The van der Waals surface area contributed by atoms with Crippen LogP contribution < -0.4 is 5.73 Å². The topological polar surface area (TPSA) is 26.0 Å². The quantitative estimate of drug-likeness (QED) is 0.562. The van der Waals surface area contributed by atoms with E-state index in [1.165, 1.54) is 22.3 Å². The highest BCUT2D eigenvalue weighted by molar-refractivity contribution is 5.79. The monoisotopic (exact) mass is 331 g/mol. The minimum atomic E-state index is 0.278. The van der Waals surface area contributed by atoms with Gasteiger partial charge in [-0.15, -0.1) is 0 Å². The summed E-state index contributed by atoms with van der Waals surface area (Å²) < 4.78 is 0. The first-order chi connectivity index (χ1) is 12.2. The Kier molecular flexibility index (Phi) is 7.28. The fourth-order valence-electron chi connectivity index (χ4n) is 3.23. The highest BCUT2D eigenvalue weighted by Crippen LogP contribution is 2.32. The molecule has 2 N–H and O–H groups in total. The molecule has 130 valence electrons. The fourth-order valence-corrected chi connectivity index (χ4v) is 3.23. The molecule has 0 aliphatic heterocycles. The van der Waals surface area contributed by atoms with Gasteiger partial charge < -0.3 is 5.73 Å². The van der Waals surface area contributed by atoms with Crippen LogP contribution in [0.15, 0.2) is 85.2 Å². The normalized spacial score (nSPS) is 15.9. The largest absolute Gasteiger partial charge is 0.399 e. The van der Waals surface area contributed by atoms with Crippen molar-refractivity contribution in [3.63, 3.8) is 0 Å². The van der Waals surface area contributed by atoms with E-state index in [9.17, 15) is 0 Å². The molecule has 2 rings (SSSR count). The maximum atomic E-state index is 6.17. The lowest BCUT2D eigenvalue weighted by Gasteiger charge is -2.18. The second-order valence-corrected chi connectivity index (χ2v) is 6.36. The Bertz CT molecular complexity index is 741. The van der Waals surface area contributed by atoms with Gasteiger partial charge in [0.05, 0.1) is 0 Å². The zero-order valence-corrected chi connectivity index (χ0v) is 15.4. The third-order valence-electron chi connectivity index (χ3n) is 4.37. The molecule has 1 aromatic carbocycles. The van der Waals surface area contributed by atoms with Crippen molar-refractivity contribution >= 4 is 5.57 Å². The van der Waals surface area contributed by atoms with Gasteiger partial charge in [0.15, 0.2) is 0 Å². The Labute approximate surface area is 152 Å². The number of rotatable bonds is 8. The highest BCUT2D eigenvalue weighted by Gasteiger charge is 2.14. The second-order valence-electron chi connectivity index (χ2n) is 6.36. The third kappa shape index (κ3) is 5.22. The molecule has 0 aromatic heterocycles. The molecule has 0 amide bonds. The van der Waals surface area contributed by atoms with Crippen LogP contribution in [0.25, 0.3) is 5.57 Å². The van der Waals surface area contributed by atoms with Crippen molar-refractivity contribution in [3.8, 4) is 0 Å². The van der Waals surface area contributed by atoms with E-state index in [4.69, 9.17) is 5.73 Å². The molecule has 1 unspecified atom stereocenters. The Morgan fingerprint density at radius 1 is 1.28 bits per heavy atom. The first-order valence-electron chi connectivity index (χ1n) is 9.09. The maximum Gasteiger partial charge on any atom is 0.0279 e. The third-order valence-corrected chi connectivity index (χ3v) is 4.37. The van der Waals surface area contributed by atoms with Gasteiger partial charge in [-0.05, 0) is 41.2 Å². The van der Waals surface area contributed by atoms with Crippen LogP contribution in [0, 0.1) is 0 Å². The van der Waals surface area contributed by atoms with Gasteiger partial charge in [0.1, 0.15) is 0 Å². The summed E-state index contributed by atoms with van der Waals surface area (Å²) in [5.74, 6) is 0.278. The molecule has 1 nitrogen and oxygen atoms in total. The lowest BCUT2D eigenvalue weighted by molar-refractivity contribution is 0.863. The van der Waals surface area contributed by atoms with Crippen molar-refractivity contribution < 1.29 is 0 Å². The molecule has 0 spiro atoms. The average molecular weight is 332 g/mol. The molecule has 0 saturated carbocycles. The zero-order valence-electron chi connectivity index (χ0n) is 15.4. The number of allylic oxidation sites excluding steroid dienone is 10. The molecular weight excluding hydrogens is 302 g/mol. The molecule has 1 aromatic rings. The van der Waals surface area contributed by atoms with Crippen LogP contribution in [-0.2, 0) is 6.42 Å². The molecule has 0 radical (unpaired) electrons. The lowest BCUT2D eigenvalue weighted by Crippen LogP contribution is -2.04. The molecule has 0 bridgehead atoms. The minimum Gasteiger partial charge on any atom is -0.399 e. The Hall–Kier alpha value is -2.54. The molecule has 1 heteroatoms. The van der Waals surface area contributed by atoms with Gasteiger partial charge in [0.2, 0.25) is 0 Å². The lowest BCUT2D eigenvalue weighted by atomic mass is 9.87. The van der Waals surface area contributed by atoms with Gasteiger partial charge in [0, 0.05) is 11.6 Å². The van der Waals surface area contributed by atoms with E-state index in [0.717, 1.165) is 25.0 Å². The van der Waals surface area contributed by atoms with Gasteiger partial charge >= 0.3 is 0 Å². The Morgan fingerprint density at radius 2 is 2.12 bits per heavy atom. The van der Waals surface area contributed by atoms with Crippen LogP contribution in [0.3, 0.4) is 0 Å². The second kappa shape index (κ2) is 9.68. The zero-order chi connectivity index (χ0) is 18.1. The summed E-state index contributed by atoms with van der Waals surface area (Å²) in [6.45, 7) is 8.12. The molecule has 0 fully saturated rings. The minimum absolute atomic E-state index is 0.278. The standard InChI is InChI=1S/C24H29N/c1-4-6-7-8-15-21(25)18-19(3)22-16-11-17-23(24(22)12-5-2)20-13-9-10-14-20/h4,6-9,11,13-19H,1,5,10,12,25H2,2-3H3/b7-6-,15-8+,21-18-. The molecule has 25 heavy (non-hydrogen) atoms. The van der Waals surface area contributed by atoms with Crippen molar-refractivity contribution in [1.82, 2.24) is 0 Å². The van der Waals surface area contributed by atoms with Crippen LogP contribution in [0.1, 0.15) is 49.3 Å². The van der Waals surface area contributed by atoms with Crippen LogP contribution in [0.4, 0.5) is 0 Å². The van der Waals surface area contributed by atoms with Gasteiger partial charge in [-0.1, -0.05) is 93.7 Å². The molecule has 0 saturated heterocycles. The van der Waals surface area contributed by atoms with Gasteiger partial charge in [-0.25, -0.2) is 0 Å². The molecular formula is C24H29N. The van der Waals surface area contributed by atoms with Crippen molar-refractivity contribution in [1.29, 1.82) is 0 Å². The molecule has 0 heterocycles. The molecule has 1 aliphatic rings. The predicted octanol–water partition coefficient (Wildman–Crippen LogP) is 6.23. The van der Waals surface area contributed by atoms with Crippen LogP contribution in [0.2, 0.25) is 0 Å². The first kappa shape index (κ1) is 18.8. The average Bonchev–Trinajstić information content (AvgIpc) is 3.13. The summed E-state index contributed by atoms with van der Waals surface area (Å²) in [7, 11) is 0. The maximum absolute atomic E-state index is 6.17. The smallest absolute Gasteiger partial charge is 0.0279 e. The van der Waals surface area contributed by atoms with E-state index in [0.29, 0.717) is 0 Å². The van der Waals surface area contributed by atoms with Crippen molar-refractivity contribution in [2.24, 2.45) is 5.73 Å². The number of benzene rings is 1. The molecule has 1 atom stereocenters. The number of hydrogen-bond acceptors (Lipinski definition) is 1. The van der Waals surface area contributed by atoms with Crippen LogP contribution in [-0.4, -0.2) is 0 Å². The fraction of sp³-hybridized carbons (Fsp3) is 0.250. The van der Waals surface area contributed by atoms with E-state index < -0.39 is 0 Å². The Morgan fingerprint density at radius 3 is 2.80 bits per heavy atom. The summed E-state index contributed by atoms with van der Waals surface area (Å²) >= 11 is 0. The SMILES string of the molecule is C=C\C=C/C=C/C(N)=C/C(C)c1cccc(C2=CCC=C2)c1CCC. The van der Waals surface area contributed by atoms with Gasteiger partial charge in [0.25, 0.3) is 0 Å². The number of nitrogens with two attached hydrogens (primary N) is 1. The van der Waals surface area contributed by atoms with E-state index in [2.05, 4.69) is 62.9 Å². The van der Waals surface area contributed by atoms with Crippen LogP contribution in [0.5, 0.6) is 0 Å². The predicted molar refractivity (Wildman–Crippen MR) is 111 cm³/mol. The van der Waals surface area contributed by atoms with Gasteiger partial charge in [-0.3, -0.25) is 0 Å². The van der Waals surface area contributed by atoms with Crippen LogP contribution >= 0.6 is 0 Å². The highest BCUT2D eigenvalue weighted by atomic mass is 14.6. The summed E-state index contributed by atoms with van der Waals surface area (Å²) in [5, 5.41) is 0. The van der Waals surface area contributed by atoms with Crippen molar-refractivity contribution in [3.05, 3.63) is 102 Å². The van der Waals surface area contributed by atoms with E-state index in [1.807, 2.05) is 24.3 Å².